The lowest BCUT2D eigenvalue weighted by atomic mass is 10.1. The third kappa shape index (κ3) is 4.63. The molecule has 0 radical (unpaired) electrons. The quantitative estimate of drug-likeness (QED) is 0.680. The Hall–Kier alpha value is -2.36. The molecule has 1 aliphatic heterocycles. The standard InChI is InChI=1S/C20H25FN2O5S/c1-26-18-6-4-16(21)12-15(18)14-22-8-10-23(11-9-22)29(24,25)17-5-7-19(27-2)20(13-17)28-3/h4-7,12-13H,8-11,14H2,1-3H3. The number of nitrogens with zero attached hydrogens (tertiary/aromatic N) is 2. The second kappa shape index (κ2) is 8.98. The molecule has 0 aromatic heterocycles. The molecule has 0 N–H and O–H groups in total. The molecule has 3 rings (SSSR count). The number of sulfonamides is 1. The van der Waals surface area contributed by atoms with Crippen LogP contribution in [0.5, 0.6) is 17.2 Å². The van der Waals surface area contributed by atoms with Gasteiger partial charge in [-0.2, -0.15) is 4.31 Å². The number of hydrogen-bond acceptors (Lipinski definition) is 6. The van der Waals surface area contributed by atoms with Gasteiger partial charge in [0.25, 0.3) is 0 Å². The summed E-state index contributed by atoms with van der Waals surface area (Å²) in [6.07, 6.45) is 0. The first-order chi connectivity index (χ1) is 13.9. The van der Waals surface area contributed by atoms with Gasteiger partial charge in [-0.3, -0.25) is 4.90 Å². The first kappa shape index (κ1) is 21.4. The van der Waals surface area contributed by atoms with Gasteiger partial charge in [-0.1, -0.05) is 0 Å². The van der Waals surface area contributed by atoms with Crippen LogP contribution in [-0.4, -0.2) is 65.1 Å². The van der Waals surface area contributed by atoms with Crippen LogP contribution in [0.1, 0.15) is 5.56 Å². The Morgan fingerprint density at radius 3 is 2.10 bits per heavy atom. The summed E-state index contributed by atoms with van der Waals surface area (Å²) < 4.78 is 56.7. The van der Waals surface area contributed by atoms with E-state index in [1.54, 1.807) is 19.2 Å². The van der Waals surface area contributed by atoms with Crippen molar-refractivity contribution in [3.63, 3.8) is 0 Å². The Morgan fingerprint density at radius 2 is 1.48 bits per heavy atom. The van der Waals surface area contributed by atoms with Crippen molar-refractivity contribution in [2.75, 3.05) is 47.5 Å². The number of rotatable bonds is 7. The number of piperazine rings is 1. The van der Waals surface area contributed by atoms with Crippen LogP contribution in [0.2, 0.25) is 0 Å². The molecular formula is C20H25FN2O5S. The summed E-state index contributed by atoms with van der Waals surface area (Å²) in [6, 6.07) is 8.97. The highest BCUT2D eigenvalue weighted by atomic mass is 32.2. The van der Waals surface area contributed by atoms with Crippen molar-refractivity contribution in [3.8, 4) is 17.2 Å². The van der Waals surface area contributed by atoms with E-state index >= 15 is 0 Å². The van der Waals surface area contributed by atoms with Gasteiger partial charge in [0.05, 0.1) is 26.2 Å². The number of benzene rings is 2. The number of ether oxygens (including phenoxy) is 3. The highest BCUT2D eigenvalue weighted by Gasteiger charge is 2.29. The normalized spacial score (nSPS) is 15.9. The van der Waals surface area contributed by atoms with E-state index in [0.717, 1.165) is 5.56 Å². The molecule has 0 aliphatic carbocycles. The van der Waals surface area contributed by atoms with Crippen molar-refractivity contribution in [2.24, 2.45) is 0 Å². The second-order valence-electron chi connectivity index (χ2n) is 6.65. The Balaban J connectivity index is 1.69. The Labute approximate surface area is 170 Å². The molecule has 158 valence electrons. The van der Waals surface area contributed by atoms with E-state index < -0.39 is 10.0 Å². The molecule has 7 nitrogen and oxygen atoms in total. The number of halogens is 1. The maximum absolute atomic E-state index is 13.6. The van der Waals surface area contributed by atoms with Crippen molar-refractivity contribution < 1.29 is 27.0 Å². The van der Waals surface area contributed by atoms with Gasteiger partial charge in [0, 0.05) is 44.4 Å². The molecule has 0 saturated carbocycles. The maximum atomic E-state index is 13.6. The SMILES string of the molecule is COc1ccc(F)cc1CN1CCN(S(=O)(=O)c2ccc(OC)c(OC)c2)CC1. The molecule has 9 heteroatoms. The van der Waals surface area contributed by atoms with Gasteiger partial charge >= 0.3 is 0 Å². The minimum atomic E-state index is -3.65. The fourth-order valence-electron chi connectivity index (χ4n) is 3.37. The van der Waals surface area contributed by atoms with Crippen LogP contribution in [0.15, 0.2) is 41.3 Å². The van der Waals surface area contributed by atoms with E-state index in [1.807, 2.05) is 0 Å². The summed E-state index contributed by atoms with van der Waals surface area (Å²) in [5.74, 6) is 1.13. The van der Waals surface area contributed by atoms with Crippen LogP contribution in [0.25, 0.3) is 0 Å². The molecule has 1 heterocycles. The van der Waals surface area contributed by atoms with Crippen LogP contribution >= 0.6 is 0 Å². The number of methoxy groups -OCH3 is 3. The lowest BCUT2D eigenvalue weighted by Gasteiger charge is -2.34. The number of hydrogen-bond donors (Lipinski definition) is 0. The average molecular weight is 424 g/mol. The monoisotopic (exact) mass is 424 g/mol. The first-order valence-corrected chi connectivity index (χ1v) is 10.6. The van der Waals surface area contributed by atoms with Gasteiger partial charge in [0.1, 0.15) is 11.6 Å². The van der Waals surface area contributed by atoms with Crippen molar-refractivity contribution in [3.05, 3.63) is 47.8 Å². The summed E-state index contributed by atoms with van der Waals surface area (Å²) >= 11 is 0. The van der Waals surface area contributed by atoms with E-state index in [2.05, 4.69) is 4.90 Å². The fourth-order valence-corrected chi connectivity index (χ4v) is 4.80. The molecular weight excluding hydrogens is 399 g/mol. The van der Waals surface area contributed by atoms with Crippen LogP contribution in [0, 0.1) is 5.82 Å². The third-order valence-corrected chi connectivity index (χ3v) is 6.86. The predicted octanol–water partition coefficient (Wildman–Crippen LogP) is 2.36. The van der Waals surface area contributed by atoms with Crippen molar-refractivity contribution in [2.45, 2.75) is 11.4 Å². The smallest absolute Gasteiger partial charge is 0.243 e. The largest absolute Gasteiger partial charge is 0.496 e. The molecule has 0 atom stereocenters. The van der Waals surface area contributed by atoms with E-state index in [0.29, 0.717) is 50.0 Å². The molecule has 0 spiro atoms. The van der Waals surface area contributed by atoms with Crippen LogP contribution in [-0.2, 0) is 16.6 Å². The Morgan fingerprint density at radius 1 is 0.862 bits per heavy atom. The summed E-state index contributed by atoms with van der Waals surface area (Å²) in [5, 5.41) is 0. The fraction of sp³-hybridized carbons (Fsp3) is 0.400. The summed E-state index contributed by atoms with van der Waals surface area (Å²) in [6.45, 7) is 2.24. The molecule has 2 aromatic carbocycles. The predicted molar refractivity (Wildman–Crippen MR) is 107 cm³/mol. The van der Waals surface area contributed by atoms with Gasteiger partial charge < -0.3 is 14.2 Å². The second-order valence-corrected chi connectivity index (χ2v) is 8.59. The molecule has 0 bridgehead atoms. The lowest BCUT2D eigenvalue weighted by Crippen LogP contribution is -2.48. The average Bonchev–Trinajstić information content (AvgIpc) is 2.73. The van der Waals surface area contributed by atoms with E-state index in [-0.39, 0.29) is 10.7 Å². The van der Waals surface area contributed by atoms with Gasteiger partial charge in [-0.25, -0.2) is 12.8 Å². The lowest BCUT2D eigenvalue weighted by molar-refractivity contribution is 0.180. The van der Waals surface area contributed by atoms with Gasteiger partial charge in [0.2, 0.25) is 10.0 Å². The minimum absolute atomic E-state index is 0.162. The zero-order chi connectivity index (χ0) is 21.0. The van der Waals surface area contributed by atoms with Crippen LogP contribution in [0.3, 0.4) is 0 Å². The molecule has 29 heavy (non-hydrogen) atoms. The molecule has 1 saturated heterocycles. The van der Waals surface area contributed by atoms with E-state index in [1.165, 1.54) is 42.8 Å². The highest BCUT2D eigenvalue weighted by molar-refractivity contribution is 7.89. The summed E-state index contributed by atoms with van der Waals surface area (Å²) in [5.41, 5.74) is 0.740. The van der Waals surface area contributed by atoms with E-state index in [4.69, 9.17) is 14.2 Å². The molecule has 0 unspecified atom stereocenters. The molecule has 1 fully saturated rings. The van der Waals surface area contributed by atoms with Gasteiger partial charge in [0.15, 0.2) is 11.5 Å². The minimum Gasteiger partial charge on any atom is -0.496 e. The van der Waals surface area contributed by atoms with Crippen LogP contribution < -0.4 is 14.2 Å². The van der Waals surface area contributed by atoms with Crippen LogP contribution in [0.4, 0.5) is 4.39 Å². The first-order valence-electron chi connectivity index (χ1n) is 9.16. The van der Waals surface area contributed by atoms with Gasteiger partial charge in [-0.15, -0.1) is 0 Å². The highest BCUT2D eigenvalue weighted by Crippen LogP contribution is 2.31. The summed E-state index contributed by atoms with van der Waals surface area (Å²) in [7, 11) is 0.862. The molecule has 0 amide bonds. The zero-order valence-electron chi connectivity index (χ0n) is 16.7. The Bertz CT molecular complexity index is 959. The molecule has 2 aromatic rings. The topological polar surface area (TPSA) is 68.3 Å². The maximum Gasteiger partial charge on any atom is 0.243 e. The molecule has 1 aliphatic rings. The van der Waals surface area contributed by atoms with Crippen molar-refractivity contribution in [1.29, 1.82) is 0 Å². The van der Waals surface area contributed by atoms with Crippen molar-refractivity contribution in [1.82, 2.24) is 9.21 Å². The summed E-state index contributed by atoms with van der Waals surface area (Å²) in [4.78, 5) is 2.24. The van der Waals surface area contributed by atoms with Gasteiger partial charge in [-0.05, 0) is 30.3 Å². The third-order valence-electron chi connectivity index (χ3n) is 4.96. The zero-order valence-corrected chi connectivity index (χ0v) is 17.5. The Kier molecular flexibility index (Phi) is 6.61. The van der Waals surface area contributed by atoms with Crippen molar-refractivity contribution >= 4 is 10.0 Å². The van der Waals surface area contributed by atoms with E-state index in [9.17, 15) is 12.8 Å².